The Morgan fingerprint density at radius 2 is 1.75 bits per heavy atom. The number of carbonyl (C=O) groups is 1. The summed E-state index contributed by atoms with van der Waals surface area (Å²) in [6, 6.07) is 10.7. The van der Waals surface area contributed by atoms with Crippen LogP contribution in [0.1, 0.15) is 39.7 Å². The maximum atomic E-state index is 9.18. The van der Waals surface area contributed by atoms with Crippen LogP contribution in [-0.4, -0.2) is 13.1 Å². The summed E-state index contributed by atoms with van der Waals surface area (Å²) in [5, 5.41) is 0. The molecule has 0 atom stereocenters. The normalized spacial score (nSPS) is 10.0. The van der Waals surface area contributed by atoms with Gasteiger partial charge in [0.05, 0.1) is 6.61 Å². The molecule has 0 spiro atoms. The van der Waals surface area contributed by atoms with Crippen LogP contribution in [0, 0.1) is 0 Å². The minimum Gasteiger partial charge on any atom is -0.468 e. The molecule has 0 saturated carbocycles. The summed E-state index contributed by atoms with van der Waals surface area (Å²) in [6.45, 7) is 9.45. The van der Waals surface area contributed by atoms with Gasteiger partial charge in [0.1, 0.15) is 0 Å². The Bertz CT molecular complexity index is 278. The highest BCUT2D eigenvalue weighted by atomic mass is 16.5. The van der Waals surface area contributed by atoms with E-state index in [9.17, 15) is 4.79 Å². The van der Waals surface area contributed by atoms with Crippen molar-refractivity contribution in [2.24, 2.45) is 0 Å². The molecule has 1 aromatic rings. The van der Waals surface area contributed by atoms with Crippen molar-refractivity contribution in [3.8, 4) is 0 Å². The van der Waals surface area contributed by atoms with E-state index in [1.807, 2.05) is 0 Å². The van der Waals surface area contributed by atoms with Gasteiger partial charge in [-0.3, -0.25) is 4.79 Å². The van der Waals surface area contributed by atoms with Gasteiger partial charge >= 0.3 is 0 Å². The fraction of sp³-hybridized carbons (Fsp3) is 0.500. The minimum absolute atomic E-state index is 0.335. The van der Waals surface area contributed by atoms with E-state index < -0.39 is 0 Å². The van der Waals surface area contributed by atoms with Crippen LogP contribution in [0.25, 0.3) is 0 Å². The van der Waals surface area contributed by atoms with Crippen LogP contribution >= 0.6 is 0 Å². The summed E-state index contributed by atoms with van der Waals surface area (Å²) in [4.78, 5) is 9.18. The first-order valence-corrected chi connectivity index (χ1v) is 5.69. The lowest BCUT2D eigenvalue weighted by Crippen LogP contribution is -2.14. The summed E-state index contributed by atoms with van der Waals surface area (Å²) in [6.07, 6.45) is 1.19. The highest BCUT2D eigenvalue weighted by molar-refractivity contribution is 5.36. The fourth-order valence-electron chi connectivity index (χ4n) is 1.16. The van der Waals surface area contributed by atoms with Gasteiger partial charge in [0.25, 0.3) is 6.47 Å². The van der Waals surface area contributed by atoms with Crippen LogP contribution in [0.5, 0.6) is 0 Å². The first kappa shape index (κ1) is 14.7. The number of rotatable bonds is 4. The van der Waals surface area contributed by atoms with Gasteiger partial charge in [0.15, 0.2) is 0 Å². The standard InChI is InChI=1S/C11H16.C3H6O2/c1-4-11(2,3)10-8-6-5-7-9-10;1-2-5-3-4/h5-9H,4H2,1-3H3;3H,2H2,1H3. The van der Waals surface area contributed by atoms with E-state index in [-0.39, 0.29) is 0 Å². The van der Waals surface area contributed by atoms with Gasteiger partial charge in [-0.25, -0.2) is 0 Å². The van der Waals surface area contributed by atoms with E-state index in [4.69, 9.17) is 0 Å². The predicted molar refractivity (Wildman–Crippen MR) is 67.4 cm³/mol. The van der Waals surface area contributed by atoms with Crippen molar-refractivity contribution in [1.29, 1.82) is 0 Å². The lowest BCUT2D eigenvalue weighted by Gasteiger charge is -2.22. The first-order chi connectivity index (χ1) is 7.58. The van der Waals surface area contributed by atoms with E-state index in [0.717, 1.165) is 0 Å². The van der Waals surface area contributed by atoms with Crippen molar-refractivity contribution in [3.05, 3.63) is 35.9 Å². The molecule has 16 heavy (non-hydrogen) atoms. The van der Waals surface area contributed by atoms with Crippen molar-refractivity contribution in [3.63, 3.8) is 0 Å². The number of hydrogen-bond acceptors (Lipinski definition) is 2. The van der Waals surface area contributed by atoms with Gasteiger partial charge < -0.3 is 4.74 Å². The van der Waals surface area contributed by atoms with Crippen molar-refractivity contribution in [2.45, 2.75) is 39.5 Å². The zero-order valence-corrected chi connectivity index (χ0v) is 10.7. The second-order valence-corrected chi connectivity index (χ2v) is 4.16. The van der Waals surface area contributed by atoms with Crippen molar-refractivity contribution in [1.82, 2.24) is 0 Å². The average Bonchev–Trinajstić information content (AvgIpc) is 2.32. The molecule has 0 saturated heterocycles. The molecule has 1 rings (SSSR count). The zero-order chi connectivity index (χ0) is 12.4. The highest BCUT2D eigenvalue weighted by Gasteiger charge is 2.16. The summed E-state index contributed by atoms with van der Waals surface area (Å²) < 4.78 is 4.15. The maximum absolute atomic E-state index is 9.18. The molecule has 0 aliphatic rings. The lowest BCUT2D eigenvalue weighted by atomic mass is 9.82. The third kappa shape index (κ3) is 5.54. The maximum Gasteiger partial charge on any atom is 0.293 e. The Balaban J connectivity index is 0.000000385. The van der Waals surface area contributed by atoms with Gasteiger partial charge in [-0.05, 0) is 24.3 Å². The number of ether oxygens (including phenoxy) is 1. The topological polar surface area (TPSA) is 26.3 Å². The largest absolute Gasteiger partial charge is 0.468 e. The molecule has 1 aromatic carbocycles. The summed E-state index contributed by atoms with van der Waals surface area (Å²) in [5.74, 6) is 0. The third-order valence-electron chi connectivity index (χ3n) is 2.67. The summed E-state index contributed by atoms with van der Waals surface area (Å²) >= 11 is 0. The van der Waals surface area contributed by atoms with Gasteiger partial charge in [0.2, 0.25) is 0 Å². The molecule has 2 heteroatoms. The molecule has 0 aliphatic heterocycles. The molecule has 0 radical (unpaired) electrons. The Morgan fingerprint density at radius 1 is 1.19 bits per heavy atom. The Hall–Kier alpha value is -1.31. The molecule has 0 bridgehead atoms. The van der Waals surface area contributed by atoms with E-state index >= 15 is 0 Å². The van der Waals surface area contributed by atoms with Crippen LogP contribution in [0.15, 0.2) is 30.3 Å². The highest BCUT2D eigenvalue weighted by Crippen LogP contribution is 2.25. The predicted octanol–water partition coefficient (Wildman–Crippen LogP) is 3.55. The second-order valence-electron chi connectivity index (χ2n) is 4.16. The molecule has 0 N–H and O–H groups in total. The SMILES string of the molecule is CCC(C)(C)c1ccccc1.CCOC=O. The zero-order valence-electron chi connectivity index (χ0n) is 10.7. The summed E-state index contributed by atoms with van der Waals surface area (Å²) in [5.41, 5.74) is 1.77. The van der Waals surface area contributed by atoms with Gasteiger partial charge in [-0.2, -0.15) is 0 Å². The van der Waals surface area contributed by atoms with Crippen molar-refractivity contribution >= 4 is 6.47 Å². The minimum atomic E-state index is 0.335. The number of benzene rings is 1. The van der Waals surface area contributed by atoms with Crippen LogP contribution in [-0.2, 0) is 14.9 Å². The lowest BCUT2D eigenvalue weighted by molar-refractivity contribution is -0.128. The molecule has 90 valence electrons. The van der Waals surface area contributed by atoms with Crippen LogP contribution in [0.4, 0.5) is 0 Å². The Kier molecular flexibility index (Phi) is 7.27. The van der Waals surface area contributed by atoms with Crippen molar-refractivity contribution < 1.29 is 9.53 Å². The molecule has 0 unspecified atom stereocenters. The fourth-order valence-corrected chi connectivity index (χ4v) is 1.16. The molecule has 0 amide bonds. The second kappa shape index (κ2) is 7.91. The van der Waals surface area contributed by atoms with Gasteiger partial charge in [-0.1, -0.05) is 51.1 Å². The molecular weight excluding hydrogens is 200 g/mol. The first-order valence-electron chi connectivity index (χ1n) is 5.69. The number of hydrogen-bond donors (Lipinski definition) is 0. The quantitative estimate of drug-likeness (QED) is 0.728. The van der Waals surface area contributed by atoms with Crippen LogP contribution < -0.4 is 0 Å². The Labute approximate surface area is 98.6 Å². The van der Waals surface area contributed by atoms with E-state index in [2.05, 4.69) is 55.8 Å². The Morgan fingerprint density at radius 3 is 2.06 bits per heavy atom. The molecule has 2 nitrogen and oxygen atoms in total. The van der Waals surface area contributed by atoms with Gasteiger partial charge in [-0.15, -0.1) is 0 Å². The van der Waals surface area contributed by atoms with Crippen LogP contribution in [0.3, 0.4) is 0 Å². The van der Waals surface area contributed by atoms with Gasteiger partial charge in [0, 0.05) is 0 Å². The average molecular weight is 222 g/mol. The molecule has 0 heterocycles. The molecule has 0 aliphatic carbocycles. The number of carbonyl (C=O) groups excluding carboxylic acids is 1. The molecule has 0 aromatic heterocycles. The summed E-state index contributed by atoms with van der Waals surface area (Å²) in [7, 11) is 0. The van der Waals surface area contributed by atoms with E-state index in [1.54, 1.807) is 6.92 Å². The van der Waals surface area contributed by atoms with Crippen molar-refractivity contribution in [2.75, 3.05) is 6.61 Å². The van der Waals surface area contributed by atoms with E-state index in [1.165, 1.54) is 12.0 Å². The smallest absolute Gasteiger partial charge is 0.293 e. The monoisotopic (exact) mass is 222 g/mol. The van der Waals surface area contributed by atoms with Crippen LogP contribution in [0.2, 0.25) is 0 Å². The molecule has 0 fully saturated rings. The van der Waals surface area contributed by atoms with E-state index in [0.29, 0.717) is 18.5 Å². The molecular formula is C14H22O2. The third-order valence-corrected chi connectivity index (χ3v) is 2.67.